The average molecular weight is 285 g/mol. The van der Waals surface area contributed by atoms with Crippen LogP contribution in [0.3, 0.4) is 0 Å². The van der Waals surface area contributed by atoms with E-state index in [1.165, 1.54) is 11.1 Å². The maximum atomic E-state index is 5.70. The quantitative estimate of drug-likeness (QED) is 0.639. The second-order valence-corrected chi connectivity index (χ2v) is 5.10. The summed E-state index contributed by atoms with van der Waals surface area (Å²) >= 11 is 3.60. The van der Waals surface area contributed by atoms with Gasteiger partial charge in [-0.05, 0) is 24.5 Å². The molecule has 0 radical (unpaired) electrons. The molecule has 0 spiro atoms. The minimum atomic E-state index is 0.226. The van der Waals surface area contributed by atoms with Gasteiger partial charge in [-0.15, -0.1) is 0 Å². The predicted molar refractivity (Wildman–Crippen MR) is 73.0 cm³/mol. The van der Waals surface area contributed by atoms with Gasteiger partial charge < -0.3 is 0 Å². The molecule has 16 heavy (non-hydrogen) atoms. The Bertz CT molecular complexity index is 335. The van der Waals surface area contributed by atoms with Crippen molar-refractivity contribution in [3.8, 4) is 0 Å². The van der Waals surface area contributed by atoms with E-state index < -0.39 is 0 Å². The first-order chi connectivity index (χ1) is 7.63. The normalized spacial score (nSPS) is 13.1. The second-order valence-electron chi connectivity index (χ2n) is 4.25. The van der Waals surface area contributed by atoms with Gasteiger partial charge >= 0.3 is 0 Å². The zero-order valence-corrected chi connectivity index (χ0v) is 11.8. The molecule has 0 aromatic heterocycles. The fourth-order valence-electron chi connectivity index (χ4n) is 2.14. The molecular formula is C13H21BrN2. The molecule has 0 saturated heterocycles. The highest BCUT2D eigenvalue weighted by atomic mass is 79.9. The van der Waals surface area contributed by atoms with E-state index in [-0.39, 0.29) is 6.04 Å². The van der Waals surface area contributed by atoms with Crippen molar-refractivity contribution in [3.63, 3.8) is 0 Å². The fraction of sp³-hybridized carbons (Fsp3) is 0.538. The first kappa shape index (κ1) is 13.7. The molecule has 1 aromatic rings. The third-order valence-corrected chi connectivity index (χ3v) is 3.91. The Morgan fingerprint density at radius 1 is 1.31 bits per heavy atom. The van der Waals surface area contributed by atoms with Gasteiger partial charge in [0.05, 0.1) is 0 Å². The second kappa shape index (κ2) is 6.38. The highest BCUT2D eigenvalue weighted by molar-refractivity contribution is 9.10. The third-order valence-electron chi connectivity index (χ3n) is 3.19. The number of rotatable bonds is 5. The van der Waals surface area contributed by atoms with Gasteiger partial charge in [-0.3, -0.25) is 11.3 Å². The van der Waals surface area contributed by atoms with E-state index in [4.69, 9.17) is 5.84 Å². The first-order valence-electron chi connectivity index (χ1n) is 5.86. The Hall–Kier alpha value is -0.380. The summed E-state index contributed by atoms with van der Waals surface area (Å²) in [6.45, 7) is 6.53. The van der Waals surface area contributed by atoms with Crippen molar-refractivity contribution >= 4 is 15.9 Å². The highest BCUT2D eigenvalue weighted by Crippen LogP contribution is 2.32. The standard InChI is InChI=1S/C13H21BrN2/c1-4-10(5-2)13(16-15)11-8-9(3)6-7-12(11)14/h6-8,10,13,16H,4-5,15H2,1-3H3. The molecule has 0 aliphatic heterocycles. The minimum absolute atomic E-state index is 0.226. The highest BCUT2D eigenvalue weighted by Gasteiger charge is 2.21. The van der Waals surface area contributed by atoms with Gasteiger partial charge in [0.15, 0.2) is 0 Å². The molecule has 1 rings (SSSR count). The Labute approximate surface area is 107 Å². The molecule has 90 valence electrons. The molecule has 0 saturated carbocycles. The van der Waals surface area contributed by atoms with Crippen molar-refractivity contribution in [2.75, 3.05) is 0 Å². The average Bonchev–Trinajstić information content (AvgIpc) is 2.29. The monoisotopic (exact) mass is 284 g/mol. The maximum Gasteiger partial charge on any atom is 0.0499 e. The van der Waals surface area contributed by atoms with Crippen LogP contribution in [0.15, 0.2) is 22.7 Å². The van der Waals surface area contributed by atoms with Crippen LogP contribution in [0, 0.1) is 12.8 Å². The van der Waals surface area contributed by atoms with Crippen LogP contribution >= 0.6 is 15.9 Å². The summed E-state index contributed by atoms with van der Waals surface area (Å²) in [6, 6.07) is 6.63. The van der Waals surface area contributed by atoms with E-state index in [1.54, 1.807) is 0 Å². The summed E-state index contributed by atoms with van der Waals surface area (Å²) in [5.41, 5.74) is 5.49. The Balaban J connectivity index is 3.06. The molecule has 0 bridgehead atoms. The minimum Gasteiger partial charge on any atom is -0.271 e. The van der Waals surface area contributed by atoms with Crippen molar-refractivity contribution in [1.29, 1.82) is 0 Å². The lowest BCUT2D eigenvalue weighted by molar-refractivity contribution is 0.344. The predicted octanol–water partition coefficient (Wildman–Crippen LogP) is 3.70. The van der Waals surface area contributed by atoms with E-state index in [9.17, 15) is 0 Å². The van der Waals surface area contributed by atoms with Gasteiger partial charge in [-0.1, -0.05) is 60.3 Å². The van der Waals surface area contributed by atoms with E-state index >= 15 is 0 Å². The number of aryl methyl sites for hydroxylation is 1. The number of nitrogens with one attached hydrogen (secondary N) is 1. The van der Waals surface area contributed by atoms with E-state index in [0.717, 1.165) is 17.3 Å². The number of hydrogen-bond donors (Lipinski definition) is 2. The molecule has 0 aliphatic rings. The lowest BCUT2D eigenvalue weighted by atomic mass is 9.89. The molecule has 1 atom stereocenters. The molecule has 1 unspecified atom stereocenters. The summed E-state index contributed by atoms with van der Waals surface area (Å²) in [7, 11) is 0. The molecule has 1 aromatic carbocycles. The summed E-state index contributed by atoms with van der Waals surface area (Å²) < 4.78 is 1.13. The molecule has 0 amide bonds. The van der Waals surface area contributed by atoms with Crippen LogP contribution in [0.4, 0.5) is 0 Å². The molecule has 0 fully saturated rings. The Kier molecular flexibility index (Phi) is 5.46. The van der Waals surface area contributed by atoms with Crippen LogP contribution < -0.4 is 11.3 Å². The van der Waals surface area contributed by atoms with Crippen LogP contribution in [-0.4, -0.2) is 0 Å². The Morgan fingerprint density at radius 3 is 2.44 bits per heavy atom. The third kappa shape index (κ3) is 3.06. The molecule has 3 N–H and O–H groups in total. The van der Waals surface area contributed by atoms with Gasteiger partial charge in [0.1, 0.15) is 0 Å². The number of nitrogens with two attached hydrogens (primary N) is 1. The van der Waals surface area contributed by atoms with Crippen molar-refractivity contribution in [2.45, 2.75) is 39.7 Å². The lowest BCUT2D eigenvalue weighted by Crippen LogP contribution is -2.33. The smallest absolute Gasteiger partial charge is 0.0499 e. The number of benzene rings is 1. The van der Waals surface area contributed by atoms with Gasteiger partial charge in [-0.25, -0.2) is 0 Å². The molecular weight excluding hydrogens is 264 g/mol. The van der Waals surface area contributed by atoms with Gasteiger partial charge in [-0.2, -0.15) is 0 Å². The summed E-state index contributed by atoms with van der Waals surface area (Å²) in [6.07, 6.45) is 2.26. The summed E-state index contributed by atoms with van der Waals surface area (Å²) in [4.78, 5) is 0. The largest absolute Gasteiger partial charge is 0.271 e. The number of hydrazine groups is 1. The first-order valence-corrected chi connectivity index (χ1v) is 6.65. The number of halogens is 1. The van der Waals surface area contributed by atoms with Crippen molar-refractivity contribution in [2.24, 2.45) is 11.8 Å². The van der Waals surface area contributed by atoms with E-state index in [1.807, 2.05) is 0 Å². The zero-order valence-electron chi connectivity index (χ0n) is 10.3. The van der Waals surface area contributed by atoms with Crippen LogP contribution in [-0.2, 0) is 0 Å². The van der Waals surface area contributed by atoms with Gasteiger partial charge in [0.2, 0.25) is 0 Å². The number of hydrogen-bond acceptors (Lipinski definition) is 2. The zero-order chi connectivity index (χ0) is 12.1. The maximum absolute atomic E-state index is 5.70. The van der Waals surface area contributed by atoms with Crippen molar-refractivity contribution in [1.82, 2.24) is 5.43 Å². The fourth-order valence-corrected chi connectivity index (χ4v) is 2.63. The van der Waals surface area contributed by atoms with E-state index in [2.05, 4.69) is 60.3 Å². The Morgan fingerprint density at radius 2 is 1.94 bits per heavy atom. The molecule has 0 aliphatic carbocycles. The molecule has 2 nitrogen and oxygen atoms in total. The topological polar surface area (TPSA) is 38.0 Å². The van der Waals surface area contributed by atoms with Gasteiger partial charge in [0, 0.05) is 10.5 Å². The summed E-state index contributed by atoms with van der Waals surface area (Å²) in [5, 5.41) is 0. The van der Waals surface area contributed by atoms with E-state index in [0.29, 0.717) is 5.92 Å². The van der Waals surface area contributed by atoms with Crippen LogP contribution in [0.1, 0.15) is 43.9 Å². The van der Waals surface area contributed by atoms with Crippen LogP contribution in [0.2, 0.25) is 0 Å². The van der Waals surface area contributed by atoms with Gasteiger partial charge in [0.25, 0.3) is 0 Å². The molecule has 0 heterocycles. The van der Waals surface area contributed by atoms with Crippen molar-refractivity contribution in [3.05, 3.63) is 33.8 Å². The lowest BCUT2D eigenvalue weighted by Gasteiger charge is -2.26. The van der Waals surface area contributed by atoms with Crippen LogP contribution in [0.5, 0.6) is 0 Å². The molecule has 3 heteroatoms. The van der Waals surface area contributed by atoms with Crippen LogP contribution in [0.25, 0.3) is 0 Å². The summed E-state index contributed by atoms with van der Waals surface area (Å²) in [5.74, 6) is 6.28. The van der Waals surface area contributed by atoms with Crippen molar-refractivity contribution < 1.29 is 0 Å². The SMILES string of the molecule is CCC(CC)C(NN)c1cc(C)ccc1Br.